The van der Waals surface area contributed by atoms with Crippen LogP contribution < -0.4 is 10.6 Å². The van der Waals surface area contributed by atoms with Gasteiger partial charge in [-0.2, -0.15) is 0 Å². The van der Waals surface area contributed by atoms with Gasteiger partial charge >= 0.3 is 12.2 Å². The monoisotopic (exact) mass is 592 g/mol. The zero-order valence-electron chi connectivity index (χ0n) is 26.2. The van der Waals surface area contributed by atoms with Crippen molar-refractivity contribution in [3.05, 3.63) is 0 Å². The van der Waals surface area contributed by atoms with E-state index >= 15 is 0 Å². The fourth-order valence-electron chi connectivity index (χ4n) is 3.63. The van der Waals surface area contributed by atoms with Crippen LogP contribution in [-0.4, -0.2) is 105 Å². The Labute approximate surface area is 249 Å². The molecule has 11 nitrogen and oxygen atoms in total. The zero-order valence-corrected chi connectivity index (χ0v) is 26.2. The Balaban J connectivity index is 3.79. The second-order valence-corrected chi connectivity index (χ2v) is 9.86. The number of hydrogen-bond acceptors (Lipinski definition) is 9. The first-order valence-electron chi connectivity index (χ1n) is 15.8. The molecule has 244 valence electrons. The van der Waals surface area contributed by atoms with Gasteiger partial charge in [-0.15, -0.1) is 0 Å². The Morgan fingerprint density at radius 2 is 0.976 bits per heavy atom. The minimum absolute atomic E-state index is 0.362. The van der Waals surface area contributed by atoms with Crippen LogP contribution in [0.3, 0.4) is 0 Å². The van der Waals surface area contributed by atoms with Crippen LogP contribution in [0.25, 0.3) is 0 Å². The third-order valence-electron chi connectivity index (χ3n) is 5.99. The molecular weight excluding hydrogens is 532 g/mol. The molecule has 0 aromatic rings. The SMILES string of the molecule is CCCCOCCOCCNC(=O)OCCCCC(CCCOC(=O)NCCOCCOCCCC)COCCC. The van der Waals surface area contributed by atoms with Gasteiger partial charge in [0.2, 0.25) is 0 Å². The van der Waals surface area contributed by atoms with E-state index < -0.39 is 12.2 Å². The molecule has 2 N–H and O–H groups in total. The average molecular weight is 593 g/mol. The van der Waals surface area contributed by atoms with Crippen molar-refractivity contribution >= 4 is 12.2 Å². The molecule has 0 aliphatic carbocycles. The number of hydrogen-bond donors (Lipinski definition) is 2. The largest absolute Gasteiger partial charge is 0.450 e. The molecule has 0 radical (unpaired) electrons. The van der Waals surface area contributed by atoms with Crippen molar-refractivity contribution in [2.75, 3.05) is 92.4 Å². The van der Waals surface area contributed by atoms with Crippen LogP contribution in [-0.2, 0) is 33.2 Å². The molecule has 0 saturated heterocycles. The van der Waals surface area contributed by atoms with Crippen LogP contribution >= 0.6 is 0 Å². The molecule has 0 aliphatic rings. The number of unbranched alkanes of at least 4 members (excludes halogenated alkanes) is 3. The third-order valence-corrected chi connectivity index (χ3v) is 5.99. The van der Waals surface area contributed by atoms with E-state index in [0.717, 1.165) is 84.0 Å². The topological polar surface area (TPSA) is 123 Å². The minimum atomic E-state index is -0.426. The van der Waals surface area contributed by atoms with Gasteiger partial charge in [-0.3, -0.25) is 0 Å². The molecule has 1 unspecified atom stereocenters. The standard InChI is InChI=1S/C30H60N2O9/c1-4-7-17-35-23-25-37-21-14-31-29(33)40-19-10-9-12-28(27-39-16-6-3)13-11-20-41-30(34)32-15-22-38-26-24-36-18-8-5-2/h28H,4-27H2,1-3H3,(H,31,33)(H,32,34). The summed E-state index contributed by atoms with van der Waals surface area (Å²) in [4.78, 5) is 23.7. The lowest BCUT2D eigenvalue weighted by atomic mass is 9.98. The second-order valence-electron chi connectivity index (χ2n) is 9.86. The van der Waals surface area contributed by atoms with Crippen molar-refractivity contribution in [1.29, 1.82) is 0 Å². The highest BCUT2D eigenvalue weighted by atomic mass is 16.6. The lowest BCUT2D eigenvalue weighted by Crippen LogP contribution is -2.28. The van der Waals surface area contributed by atoms with E-state index in [1.807, 2.05) is 0 Å². The first-order valence-corrected chi connectivity index (χ1v) is 15.8. The quantitative estimate of drug-likeness (QED) is 0.106. The van der Waals surface area contributed by atoms with Crippen LogP contribution in [0, 0.1) is 5.92 Å². The van der Waals surface area contributed by atoms with Gasteiger partial charge in [-0.1, -0.05) is 33.6 Å². The lowest BCUT2D eigenvalue weighted by Gasteiger charge is -2.17. The van der Waals surface area contributed by atoms with Crippen molar-refractivity contribution in [2.45, 2.75) is 85.0 Å². The summed E-state index contributed by atoms with van der Waals surface area (Å²) in [5.74, 6) is 0.373. The molecular formula is C30H60N2O9. The molecule has 0 aliphatic heterocycles. The summed E-state index contributed by atoms with van der Waals surface area (Å²) in [6.07, 6.45) is 8.84. The molecule has 41 heavy (non-hydrogen) atoms. The van der Waals surface area contributed by atoms with Crippen molar-refractivity contribution in [2.24, 2.45) is 5.92 Å². The molecule has 2 amide bonds. The number of carbonyl (C=O) groups excluding carboxylic acids is 2. The van der Waals surface area contributed by atoms with E-state index in [9.17, 15) is 9.59 Å². The van der Waals surface area contributed by atoms with E-state index in [1.54, 1.807) is 0 Å². The summed E-state index contributed by atoms with van der Waals surface area (Å²) < 4.78 is 38.0. The fraction of sp³-hybridized carbons (Fsp3) is 0.933. The molecule has 0 spiro atoms. The first kappa shape index (κ1) is 39.3. The van der Waals surface area contributed by atoms with Gasteiger partial charge in [0.15, 0.2) is 0 Å². The fourth-order valence-corrected chi connectivity index (χ4v) is 3.63. The van der Waals surface area contributed by atoms with Gasteiger partial charge < -0.3 is 43.8 Å². The summed E-state index contributed by atoms with van der Waals surface area (Å²) in [6, 6.07) is 0. The Kier molecular flexibility index (Phi) is 31.5. The minimum Gasteiger partial charge on any atom is -0.450 e. The number of nitrogens with one attached hydrogen (secondary N) is 2. The van der Waals surface area contributed by atoms with Gasteiger partial charge in [0.1, 0.15) is 0 Å². The van der Waals surface area contributed by atoms with E-state index in [1.165, 1.54) is 0 Å². The molecule has 0 aromatic heterocycles. The van der Waals surface area contributed by atoms with Gasteiger partial charge in [0.05, 0.1) is 52.9 Å². The zero-order chi connectivity index (χ0) is 30.1. The van der Waals surface area contributed by atoms with E-state index in [-0.39, 0.29) is 0 Å². The van der Waals surface area contributed by atoms with Gasteiger partial charge in [-0.05, 0) is 57.3 Å². The summed E-state index contributed by atoms with van der Waals surface area (Å²) in [5, 5.41) is 5.40. The molecule has 1 atom stereocenters. The van der Waals surface area contributed by atoms with Crippen molar-refractivity contribution < 1.29 is 42.7 Å². The van der Waals surface area contributed by atoms with Gasteiger partial charge in [0.25, 0.3) is 0 Å². The van der Waals surface area contributed by atoms with Gasteiger partial charge in [-0.25, -0.2) is 9.59 Å². The summed E-state index contributed by atoms with van der Waals surface area (Å²) >= 11 is 0. The molecule has 0 saturated carbocycles. The van der Waals surface area contributed by atoms with Crippen LogP contribution in [0.1, 0.15) is 85.0 Å². The van der Waals surface area contributed by atoms with Crippen molar-refractivity contribution in [3.8, 4) is 0 Å². The van der Waals surface area contributed by atoms with E-state index in [2.05, 4.69) is 31.4 Å². The number of rotatable bonds is 31. The van der Waals surface area contributed by atoms with Crippen LogP contribution in [0.4, 0.5) is 9.59 Å². The number of alkyl carbamates (subject to hydrolysis) is 2. The Morgan fingerprint density at radius 1 is 0.488 bits per heavy atom. The molecule has 0 bridgehead atoms. The van der Waals surface area contributed by atoms with Crippen molar-refractivity contribution in [3.63, 3.8) is 0 Å². The number of ether oxygens (including phenoxy) is 7. The molecule has 11 heteroatoms. The Morgan fingerprint density at radius 3 is 1.49 bits per heavy atom. The summed E-state index contributed by atoms with van der Waals surface area (Å²) in [7, 11) is 0. The van der Waals surface area contributed by atoms with Crippen LogP contribution in [0.5, 0.6) is 0 Å². The first-order chi connectivity index (χ1) is 20.1. The maximum absolute atomic E-state index is 11.9. The number of amides is 2. The maximum Gasteiger partial charge on any atom is 0.407 e. The predicted octanol–water partition coefficient (Wildman–Crippen LogP) is 5.10. The molecule has 0 rings (SSSR count). The van der Waals surface area contributed by atoms with Crippen LogP contribution in [0.15, 0.2) is 0 Å². The lowest BCUT2D eigenvalue weighted by molar-refractivity contribution is 0.0471. The third kappa shape index (κ3) is 31.1. The highest BCUT2D eigenvalue weighted by Crippen LogP contribution is 2.16. The van der Waals surface area contributed by atoms with Crippen molar-refractivity contribution in [1.82, 2.24) is 10.6 Å². The smallest absolute Gasteiger partial charge is 0.407 e. The summed E-state index contributed by atoms with van der Waals surface area (Å²) in [6.45, 7) is 13.9. The maximum atomic E-state index is 11.9. The predicted molar refractivity (Wildman–Crippen MR) is 159 cm³/mol. The highest BCUT2D eigenvalue weighted by Gasteiger charge is 2.11. The van der Waals surface area contributed by atoms with Crippen LogP contribution in [0.2, 0.25) is 0 Å². The summed E-state index contributed by atoms with van der Waals surface area (Å²) in [5.41, 5.74) is 0. The molecule has 0 aromatic carbocycles. The molecule has 0 heterocycles. The second kappa shape index (κ2) is 32.8. The van der Waals surface area contributed by atoms with E-state index in [0.29, 0.717) is 78.5 Å². The Bertz CT molecular complexity index is 570. The molecule has 0 fully saturated rings. The van der Waals surface area contributed by atoms with E-state index in [4.69, 9.17) is 33.2 Å². The number of carbonyl (C=O) groups is 2. The highest BCUT2D eigenvalue weighted by molar-refractivity contribution is 5.67. The average Bonchev–Trinajstić information content (AvgIpc) is 2.97. The van der Waals surface area contributed by atoms with Gasteiger partial charge in [0, 0.05) is 39.5 Å². The Hall–Kier alpha value is -1.66. The normalized spacial score (nSPS) is 11.8.